The Kier molecular flexibility index (Phi) is 7.78. The van der Waals surface area contributed by atoms with Gasteiger partial charge in [0.2, 0.25) is 0 Å². The summed E-state index contributed by atoms with van der Waals surface area (Å²) in [6.07, 6.45) is 0. The zero-order valence-electron chi connectivity index (χ0n) is 30.9. The van der Waals surface area contributed by atoms with Crippen molar-refractivity contribution in [3.8, 4) is 62.1 Å². The van der Waals surface area contributed by atoms with Gasteiger partial charge in [-0.05, 0) is 74.1 Å². The molecule has 0 amide bonds. The molecule has 0 aliphatic heterocycles. The lowest BCUT2D eigenvalue weighted by molar-refractivity contribution is 1.07. The predicted molar refractivity (Wildman–Crippen MR) is 236 cm³/mol. The van der Waals surface area contributed by atoms with Crippen LogP contribution in [-0.4, -0.2) is 19.5 Å². The highest BCUT2D eigenvalue weighted by Crippen LogP contribution is 2.39. The second-order valence-corrected chi connectivity index (χ2v) is 14.4. The summed E-state index contributed by atoms with van der Waals surface area (Å²) >= 11 is 0. The first-order valence-electron chi connectivity index (χ1n) is 19.3. The molecule has 0 saturated carbocycles. The average molecular weight is 727 g/mol. The van der Waals surface area contributed by atoms with Crippen LogP contribution >= 0.6 is 0 Å². The van der Waals surface area contributed by atoms with Gasteiger partial charge in [0.1, 0.15) is 0 Å². The second kappa shape index (κ2) is 13.6. The Morgan fingerprint density at radius 1 is 0.281 bits per heavy atom. The molecule has 11 rings (SSSR count). The predicted octanol–water partition coefficient (Wildman–Crippen LogP) is 13.6. The SMILES string of the molecule is c1ccc(-c2ccc(-c3nc(-c4ccc(-c5ccc6ccccc6c5)cc4)nc(-c4cccc5ccccc45)n3)c(-n3c4ccccc4c4ccccc43)c2)cc1. The summed E-state index contributed by atoms with van der Waals surface area (Å²) in [6.45, 7) is 0. The quantitative estimate of drug-likeness (QED) is 0.171. The van der Waals surface area contributed by atoms with Crippen LogP contribution in [0.5, 0.6) is 0 Å². The first-order chi connectivity index (χ1) is 28.2. The van der Waals surface area contributed by atoms with E-state index in [1.807, 2.05) is 0 Å². The molecule has 0 spiro atoms. The van der Waals surface area contributed by atoms with Gasteiger partial charge >= 0.3 is 0 Å². The number of benzene rings is 9. The van der Waals surface area contributed by atoms with E-state index in [0.717, 1.165) is 60.9 Å². The van der Waals surface area contributed by atoms with E-state index in [1.165, 1.54) is 27.1 Å². The van der Waals surface area contributed by atoms with Crippen LogP contribution in [0, 0.1) is 0 Å². The number of hydrogen-bond acceptors (Lipinski definition) is 3. The third-order valence-electron chi connectivity index (χ3n) is 11.1. The van der Waals surface area contributed by atoms with Crippen LogP contribution in [0.1, 0.15) is 0 Å². The third kappa shape index (κ3) is 5.74. The molecule has 266 valence electrons. The van der Waals surface area contributed by atoms with Gasteiger partial charge in [-0.25, -0.2) is 15.0 Å². The Morgan fingerprint density at radius 2 is 0.789 bits per heavy atom. The van der Waals surface area contributed by atoms with E-state index in [-0.39, 0.29) is 0 Å². The molecule has 0 N–H and O–H groups in total. The summed E-state index contributed by atoms with van der Waals surface area (Å²) in [5, 5.41) is 7.08. The fourth-order valence-electron chi connectivity index (χ4n) is 8.24. The normalized spacial score (nSPS) is 11.5. The van der Waals surface area contributed by atoms with Crippen LogP contribution in [0.25, 0.3) is 105 Å². The van der Waals surface area contributed by atoms with Gasteiger partial charge in [0.15, 0.2) is 17.5 Å². The fraction of sp³-hybridized carbons (Fsp3) is 0. The first kappa shape index (κ1) is 32.7. The largest absolute Gasteiger partial charge is 0.308 e. The van der Waals surface area contributed by atoms with Crippen molar-refractivity contribution in [3.63, 3.8) is 0 Å². The minimum Gasteiger partial charge on any atom is -0.308 e. The highest BCUT2D eigenvalue weighted by atomic mass is 15.1. The zero-order valence-corrected chi connectivity index (χ0v) is 30.9. The number of fused-ring (bicyclic) bond motifs is 5. The molecular weight excluding hydrogens is 693 g/mol. The number of rotatable bonds is 6. The van der Waals surface area contributed by atoms with E-state index in [4.69, 9.17) is 15.0 Å². The standard InChI is InChI=1S/C53H34N4/c1-2-13-35(14-3-1)42-31-32-47(50(34-42)57-48-23-10-8-20-44(48)45-21-9-11-24-49(45)57)53-55-51(54-52(56-53)46-22-12-18-38-16-6-7-19-43(38)46)39-28-25-37(26-29-39)41-30-27-36-15-4-5-17-40(36)33-41/h1-34H. The fourth-order valence-corrected chi connectivity index (χ4v) is 8.24. The van der Waals surface area contributed by atoms with Gasteiger partial charge in [0.05, 0.1) is 16.7 Å². The van der Waals surface area contributed by atoms with Gasteiger partial charge in [-0.3, -0.25) is 0 Å². The van der Waals surface area contributed by atoms with Crippen LogP contribution in [-0.2, 0) is 0 Å². The highest BCUT2D eigenvalue weighted by Gasteiger charge is 2.21. The van der Waals surface area contributed by atoms with Crippen molar-refractivity contribution in [1.82, 2.24) is 19.5 Å². The monoisotopic (exact) mass is 726 g/mol. The van der Waals surface area contributed by atoms with E-state index in [1.54, 1.807) is 0 Å². The summed E-state index contributed by atoms with van der Waals surface area (Å²) in [4.78, 5) is 15.9. The van der Waals surface area contributed by atoms with Crippen molar-refractivity contribution < 1.29 is 0 Å². The maximum absolute atomic E-state index is 5.34. The Hall–Kier alpha value is -7.69. The Balaban J connectivity index is 1.15. The van der Waals surface area contributed by atoms with E-state index < -0.39 is 0 Å². The van der Waals surface area contributed by atoms with Crippen molar-refractivity contribution in [2.75, 3.05) is 0 Å². The van der Waals surface area contributed by atoms with Crippen LogP contribution in [0.2, 0.25) is 0 Å². The van der Waals surface area contributed by atoms with E-state index >= 15 is 0 Å². The molecule has 0 fully saturated rings. The molecule has 2 aromatic heterocycles. The molecule has 9 aromatic carbocycles. The number of hydrogen-bond donors (Lipinski definition) is 0. The molecule has 0 saturated heterocycles. The van der Waals surface area contributed by atoms with E-state index in [9.17, 15) is 0 Å². The maximum atomic E-state index is 5.34. The molecule has 4 heteroatoms. The molecule has 4 nitrogen and oxygen atoms in total. The number of para-hydroxylation sites is 2. The van der Waals surface area contributed by atoms with E-state index in [2.05, 4.69) is 211 Å². The molecule has 0 atom stereocenters. The molecule has 0 bridgehead atoms. The molecule has 11 aromatic rings. The molecule has 0 aliphatic carbocycles. The Labute approximate surface area is 330 Å². The smallest absolute Gasteiger partial charge is 0.166 e. The highest BCUT2D eigenvalue weighted by molar-refractivity contribution is 6.10. The lowest BCUT2D eigenvalue weighted by Crippen LogP contribution is -2.04. The van der Waals surface area contributed by atoms with Crippen molar-refractivity contribution in [2.24, 2.45) is 0 Å². The molecule has 0 radical (unpaired) electrons. The average Bonchev–Trinajstić information content (AvgIpc) is 3.63. The van der Waals surface area contributed by atoms with Gasteiger partial charge in [-0.2, -0.15) is 0 Å². The van der Waals surface area contributed by atoms with Crippen molar-refractivity contribution in [3.05, 3.63) is 206 Å². The first-order valence-corrected chi connectivity index (χ1v) is 19.3. The van der Waals surface area contributed by atoms with Gasteiger partial charge in [0, 0.05) is 27.5 Å². The molecule has 57 heavy (non-hydrogen) atoms. The molecule has 2 heterocycles. The molecule has 0 unspecified atom stereocenters. The zero-order chi connectivity index (χ0) is 37.7. The summed E-state index contributed by atoms with van der Waals surface area (Å²) in [5.41, 5.74) is 10.6. The summed E-state index contributed by atoms with van der Waals surface area (Å²) < 4.78 is 2.37. The summed E-state index contributed by atoms with van der Waals surface area (Å²) in [5.74, 6) is 1.86. The second-order valence-electron chi connectivity index (χ2n) is 14.4. The lowest BCUT2D eigenvalue weighted by atomic mass is 10.00. The van der Waals surface area contributed by atoms with Gasteiger partial charge in [-0.15, -0.1) is 0 Å². The minimum atomic E-state index is 0.609. The van der Waals surface area contributed by atoms with E-state index in [0.29, 0.717) is 17.5 Å². The number of aromatic nitrogens is 4. The van der Waals surface area contributed by atoms with Crippen molar-refractivity contribution in [1.29, 1.82) is 0 Å². The summed E-state index contributed by atoms with van der Waals surface area (Å²) in [6, 6.07) is 72.9. The topological polar surface area (TPSA) is 43.6 Å². The van der Waals surface area contributed by atoms with Gasteiger partial charge < -0.3 is 4.57 Å². The van der Waals surface area contributed by atoms with Crippen LogP contribution in [0.3, 0.4) is 0 Å². The lowest BCUT2D eigenvalue weighted by Gasteiger charge is -2.17. The van der Waals surface area contributed by atoms with Crippen molar-refractivity contribution in [2.45, 2.75) is 0 Å². The summed E-state index contributed by atoms with van der Waals surface area (Å²) in [7, 11) is 0. The maximum Gasteiger partial charge on any atom is 0.166 e. The van der Waals surface area contributed by atoms with Gasteiger partial charge in [-0.1, -0.05) is 176 Å². The minimum absolute atomic E-state index is 0.609. The van der Waals surface area contributed by atoms with Crippen LogP contribution < -0.4 is 0 Å². The Morgan fingerprint density at radius 3 is 1.54 bits per heavy atom. The molecule has 0 aliphatic rings. The van der Waals surface area contributed by atoms with Crippen LogP contribution in [0.15, 0.2) is 206 Å². The van der Waals surface area contributed by atoms with Crippen molar-refractivity contribution >= 4 is 43.4 Å². The Bertz CT molecular complexity index is 3230. The number of nitrogens with zero attached hydrogens (tertiary/aromatic N) is 4. The van der Waals surface area contributed by atoms with Crippen LogP contribution in [0.4, 0.5) is 0 Å². The van der Waals surface area contributed by atoms with Gasteiger partial charge in [0.25, 0.3) is 0 Å². The molecular formula is C53H34N4. The third-order valence-corrected chi connectivity index (χ3v) is 11.1.